The number of hydrogen-bond acceptors (Lipinski definition) is 4. The molecule has 2 heterocycles. The highest BCUT2D eigenvalue weighted by Gasteiger charge is 2.12. The van der Waals surface area contributed by atoms with Gasteiger partial charge in [-0.25, -0.2) is 4.98 Å². The third-order valence-electron chi connectivity index (χ3n) is 2.96. The fourth-order valence-corrected chi connectivity index (χ4v) is 2.94. The van der Waals surface area contributed by atoms with Crippen LogP contribution in [-0.4, -0.2) is 14.8 Å². The first-order valence-corrected chi connectivity index (χ1v) is 7.10. The monoisotopic (exact) mass is 264 g/mol. The van der Waals surface area contributed by atoms with Gasteiger partial charge >= 0.3 is 0 Å². The Kier molecular flexibility index (Phi) is 4.14. The summed E-state index contributed by atoms with van der Waals surface area (Å²) in [6, 6.07) is 0.334. The lowest BCUT2D eigenvalue weighted by Crippen LogP contribution is -2.17. The maximum Gasteiger partial charge on any atom is 0.0900 e. The average molecular weight is 264 g/mol. The topological polar surface area (TPSA) is 42.7 Å². The summed E-state index contributed by atoms with van der Waals surface area (Å²) in [7, 11) is 0. The van der Waals surface area contributed by atoms with Gasteiger partial charge in [-0.3, -0.25) is 4.68 Å². The molecule has 0 saturated carbocycles. The zero-order valence-electron chi connectivity index (χ0n) is 11.4. The molecule has 0 amide bonds. The summed E-state index contributed by atoms with van der Waals surface area (Å²) in [4.78, 5) is 5.80. The molecule has 2 aromatic heterocycles. The minimum atomic E-state index is 0.334. The lowest BCUT2D eigenvalue weighted by atomic mass is 10.2. The maximum atomic E-state index is 4.47. The van der Waals surface area contributed by atoms with Gasteiger partial charge in [-0.1, -0.05) is 0 Å². The highest BCUT2D eigenvalue weighted by atomic mass is 32.1. The Balaban J connectivity index is 1.95. The molecule has 0 aliphatic heterocycles. The van der Waals surface area contributed by atoms with Crippen molar-refractivity contribution < 1.29 is 0 Å². The van der Waals surface area contributed by atoms with E-state index < -0.39 is 0 Å². The molecule has 0 spiro atoms. The molecule has 0 bridgehead atoms. The quantitative estimate of drug-likeness (QED) is 0.903. The van der Waals surface area contributed by atoms with E-state index in [-0.39, 0.29) is 0 Å². The molecule has 5 heteroatoms. The van der Waals surface area contributed by atoms with Crippen molar-refractivity contribution in [1.29, 1.82) is 0 Å². The summed E-state index contributed by atoms with van der Waals surface area (Å²) in [5.74, 6) is 0. The van der Waals surface area contributed by atoms with Crippen molar-refractivity contribution in [2.75, 3.05) is 0 Å². The van der Waals surface area contributed by atoms with Gasteiger partial charge in [0.2, 0.25) is 0 Å². The van der Waals surface area contributed by atoms with E-state index in [1.807, 2.05) is 10.9 Å². The molecule has 98 valence electrons. The van der Waals surface area contributed by atoms with Crippen LogP contribution in [0.2, 0.25) is 0 Å². The van der Waals surface area contributed by atoms with Gasteiger partial charge in [0.25, 0.3) is 0 Å². The molecule has 1 unspecified atom stereocenters. The predicted octanol–water partition coefficient (Wildman–Crippen LogP) is 2.83. The first-order valence-electron chi connectivity index (χ1n) is 6.28. The van der Waals surface area contributed by atoms with Crippen LogP contribution >= 0.6 is 11.3 Å². The van der Waals surface area contributed by atoms with E-state index in [2.05, 4.69) is 49.3 Å². The van der Waals surface area contributed by atoms with Crippen LogP contribution < -0.4 is 5.32 Å². The van der Waals surface area contributed by atoms with Gasteiger partial charge in [0.15, 0.2) is 0 Å². The highest BCUT2D eigenvalue weighted by molar-refractivity contribution is 7.11. The van der Waals surface area contributed by atoms with Crippen molar-refractivity contribution in [1.82, 2.24) is 20.1 Å². The van der Waals surface area contributed by atoms with Crippen LogP contribution in [-0.2, 0) is 13.1 Å². The van der Waals surface area contributed by atoms with Gasteiger partial charge in [0.05, 0.1) is 16.9 Å². The molecule has 0 aromatic carbocycles. The molecule has 0 radical (unpaired) electrons. The zero-order valence-corrected chi connectivity index (χ0v) is 12.2. The Morgan fingerprint density at radius 2 is 2.22 bits per heavy atom. The largest absolute Gasteiger partial charge is 0.305 e. The Labute approximate surface area is 112 Å². The zero-order chi connectivity index (χ0) is 13.1. The lowest BCUT2D eigenvalue weighted by Gasteiger charge is -2.11. The molecule has 0 aliphatic rings. The van der Waals surface area contributed by atoms with Gasteiger partial charge in [-0.15, -0.1) is 11.3 Å². The molecule has 2 rings (SSSR count). The van der Waals surface area contributed by atoms with E-state index in [0.29, 0.717) is 6.04 Å². The van der Waals surface area contributed by atoms with Crippen LogP contribution in [0, 0.1) is 13.8 Å². The third kappa shape index (κ3) is 2.97. The van der Waals surface area contributed by atoms with E-state index in [9.17, 15) is 0 Å². The van der Waals surface area contributed by atoms with Crippen LogP contribution in [0.25, 0.3) is 0 Å². The van der Waals surface area contributed by atoms with Crippen LogP contribution in [0.1, 0.15) is 41.0 Å². The molecule has 2 aromatic rings. The first kappa shape index (κ1) is 13.2. The molecule has 0 aliphatic carbocycles. The molecule has 1 atom stereocenters. The summed E-state index contributed by atoms with van der Waals surface area (Å²) in [6.45, 7) is 10.2. The van der Waals surface area contributed by atoms with E-state index >= 15 is 0 Å². The maximum absolute atomic E-state index is 4.47. The number of nitrogens with zero attached hydrogens (tertiary/aromatic N) is 3. The standard InChI is InChI=1S/C13H20N4S/c1-5-17-8-12(7-15-17)6-14-9(2)13-10(3)16-11(4)18-13/h7-9,14H,5-6H2,1-4H3. The summed E-state index contributed by atoms with van der Waals surface area (Å²) >= 11 is 1.77. The van der Waals surface area contributed by atoms with Crippen molar-refractivity contribution in [3.05, 3.63) is 33.5 Å². The normalized spacial score (nSPS) is 12.9. The van der Waals surface area contributed by atoms with E-state index in [1.54, 1.807) is 11.3 Å². The van der Waals surface area contributed by atoms with Gasteiger partial charge in [0.1, 0.15) is 0 Å². The fourth-order valence-electron chi connectivity index (χ4n) is 1.98. The van der Waals surface area contributed by atoms with Gasteiger partial charge < -0.3 is 5.32 Å². The number of aryl methyl sites for hydroxylation is 3. The molecule has 4 nitrogen and oxygen atoms in total. The molecule has 18 heavy (non-hydrogen) atoms. The molecular formula is C13H20N4S. The smallest absolute Gasteiger partial charge is 0.0900 e. The lowest BCUT2D eigenvalue weighted by molar-refractivity contribution is 0.578. The molecular weight excluding hydrogens is 244 g/mol. The minimum Gasteiger partial charge on any atom is -0.305 e. The van der Waals surface area contributed by atoms with Crippen molar-refractivity contribution in [2.24, 2.45) is 0 Å². The van der Waals surface area contributed by atoms with Crippen molar-refractivity contribution in [3.63, 3.8) is 0 Å². The third-order valence-corrected chi connectivity index (χ3v) is 4.21. The number of nitrogens with one attached hydrogen (secondary N) is 1. The van der Waals surface area contributed by atoms with Crippen LogP contribution in [0.3, 0.4) is 0 Å². The Morgan fingerprint density at radius 1 is 1.44 bits per heavy atom. The Hall–Kier alpha value is -1.20. The van der Waals surface area contributed by atoms with E-state index in [0.717, 1.165) is 23.8 Å². The van der Waals surface area contributed by atoms with Crippen molar-refractivity contribution >= 4 is 11.3 Å². The van der Waals surface area contributed by atoms with Gasteiger partial charge in [-0.2, -0.15) is 5.10 Å². The number of rotatable bonds is 5. The van der Waals surface area contributed by atoms with Crippen LogP contribution in [0.5, 0.6) is 0 Å². The minimum absolute atomic E-state index is 0.334. The van der Waals surface area contributed by atoms with Gasteiger partial charge in [0, 0.05) is 35.8 Å². The van der Waals surface area contributed by atoms with E-state index in [4.69, 9.17) is 0 Å². The average Bonchev–Trinajstić information content (AvgIpc) is 2.92. The summed E-state index contributed by atoms with van der Waals surface area (Å²) < 4.78 is 1.95. The second kappa shape index (κ2) is 5.63. The first-order chi connectivity index (χ1) is 8.60. The second-order valence-electron chi connectivity index (χ2n) is 4.49. The summed E-state index contributed by atoms with van der Waals surface area (Å²) in [5, 5.41) is 8.93. The summed E-state index contributed by atoms with van der Waals surface area (Å²) in [6.07, 6.45) is 4.01. The summed E-state index contributed by atoms with van der Waals surface area (Å²) in [5.41, 5.74) is 2.37. The molecule has 0 saturated heterocycles. The number of thiazole rings is 1. The van der Waals surface area contributed by atoms with Crippen LogP contribution in [0.4, 0.5) is 0 Å². The van der Waals surface area contributed by atoms with Gasteiger partial charge in [-0.05, 0) is 27.7 Å². The van der Waals surface area contributed by atoms with Crippen molar-refractivity contribution in [2.45, 2.75) is 46.8 Å². The van der Waals surface area contributed by atoms with Crippen LogP contribution in [0.15, 0.2) is 12.4 Å². The van der Waals surface area contributed by atoms with Crippen molar-refractivity contribution in [3.8, 4) is 0 Å². The fraction of sp³-hybridized carbons (Fsp3) is 0.538. The number of aromatic nitrogens is 3. The Bertz CT molecular complexity index is 515. The van der Waals surface area contributed by atoms with E-state index in [1.165, 1.54) is 10.4 Å². The SMILES string of the molecule is CCn1cc(CNC(C)c2sc(C)nc2C)cn1. The number of hydrogen-bond donors (Lipinski definition) is 1. The second-order valence-corrected chi connectivity index (χ2v) is 5.72. The highest BCUT2D eigenvalue weighted by Crippen LogP contribution is 2.24. The molecule has 1 N–H and O–H groups in total. The predicted molar refractivity (Wildman–Crippen MR) is 74.7 cm³/mol. The molecule has 0 fully saturated rings. The Morgan fingerprint density at radius 3 is 2.78 bits per heavy atom.